The van der Waals surface area contributed by atoms with Crippen molar-refractivity contribution in [3.8, 4) is 0 Å². The van der Waals surface area contributed by atoms with Crippen LogP contribution in [0.5, 0.6) is 0 Å². The van der Waals surface area contributed by atoms with Crippen LogP contribution in [0, 0.1) is 5.41 Å². The number of ether oxygens (including phenoxy) is 2. The third-order valence-electron chi connectivity index (χ3n) is 7.17. The monoisotopic (exact) mass is 566 g/mol. The molecule has 2 fully saturated rings. The molecular weight excluding hydrogens is 532 g/mol. The fraction of sp³-hybridized carbons (Fsp3) is 0.560. The number of nitrogens with one attached hydrogen (secondary N) is 1. The first-order valence-corrected chi connectivity index (χ1v) is 14.5. The van der Waals surface area contributed by atoms with Gasteiger partial charge in [-0.2, -0.15) is 4.31 Å². The summed E-state index contributed by atoms with van der Waals surface area (Å²) < 4.78 is 42.4. The van der Waals surface area contributed by atoms with Crippen LogP contribution in [0.3, 0.4) is 0 Å². The third kappa shape index (κ3) is 5.59. The number of amides is 1. The molecule has 1 saturated heterocycles. The highest BCUT2D eigenvalue weighted by molar-refractivity contribution is 7.89. The second kappa shape index (κ2) is 11.7. The molecule has 1 saturated carbocycles. The van der Waals surface area contributed by atoms with Crippen LogP contribution in [-0.4, -0.2) is 80.2 Å². The molecule has 208 valence electrons. The minimum absolute atomic E-state index is 0.0118. The number of nitrogens with two attached hydrogens (primary N) is 1. The number of hydrogen-bond donors (Lipinski definition) is 2. The lowest BCUT2D eigenvalue weighted by atomic mass is 9.95. The first-order valence-electron chi connectivity index (χ1n) is 12.7. The smallest absolute Gasteiger partial charge is 0.244 e. The second-order valence-electron chi connectivity index (χ2n) is 9.89. The van der Waals surface area contributed by atoms with Crippen LogP contribution in [-0.2, 0) is 24.3 Å². The number of carbonyl (C=O) groups is 1. The number of halogens is 1. The van der Waals surface area contributed by atoms with E-state index in [1.54, 1.807) is 20.2 Å². The van der Waals surface area contributed by atoms with E-state index in [-0.39, 0.29) is 30.2 Å². The van der Waals surface area contributed by atoms with Crippen molar-refractivity contribution in [3.05, 3.63) is 30.6 Å². The zero-order valence-corrected chi connectivity index (χ0v) is 23.3. The molecule has 38 heavy (non-hydrogen) atoms. The van der Waals surface area contributed by atoms with E-state index in [1.807, 2.05) is 0 Å². The number of pyridine rings is 1. The summed E-state index contributed by atoms with van der Waals surface area (Å²) in [4.78, 5) is 19.2. The van der Waals surface area contributed by atoms with Crippen molar-refractivity contribution in [2.24, 2.45) is 5.73 Å². The Hall–Kier alpha value is -2.51. The highest BCUT2D eigenvalue weighted by atomic mass is 35.5. The predicted octanol–water partition coefficient (Wildman–Crippen LogP) is 3.02. The van der Waals surface area contributed by atoms with E-state index < -0.39 is 21.5 Å². The van der Waals surface area contributed by atoms with Crippen LogP contribution >= 0.6 is 11.8 Å². The summed E-state index contributed by atoms with van der Waals surface area (Å²) in [5, 5.41) is 8.70. The summed E-state index contributed by atoms with van der Waals surface area (Å²) in [5.41, 5.74) is 4.68. The predicted molar refractivity (Wildman–Crippen MR) is 145 cm³/mol. The van der Waals surface area contributed by atoms with Crippen molar-refractivity contribution in [1.82, 2.24) is 14.2 Å². The van der Waals surface area contributed by atoms with Gasteiger partial charge in [-0.3, -0.25) is 15.2 Å². The van der Waals surface area contributed by atoms with Gasteiger partial charge in [0, 0.05) is 56.0 Å². The highest BCUT2D eigenvalue weighted by Crippen LogP contribution is 2.40. The van der Waals surface area contributed by atoms with Gasteiger partial charge in [0.1, 0.15) is 5.54 Å². The Balaban J connectivity index is 1.73. The largest absolute Gasteiger partial charge is 0.369 e. The average Bonchev–Trinajstić information content (AvgIpc) is 3.40. The van der Waals surface area contributed by atoms with E-state index in [0.29, 0.717) is 35.9 Å². The minimum atomic E-state index is -4.14. The Morgan fingerprint density at radius 3 is 2.61 bits per heavy atom. The first kappa shape index (κ1) is 28.5. The van der Waals surface area contributed by atoms with E-state index in [2.05, 4.69) is 4.98 Å². The number of anilines is 1. The summed E-state index contributed by atoms with van der Waals surface area (Å²) in [5.74, 6) is -0.632. The lowest BCUT2D eigenvalue weighted by Gasteiger charge is -2.40. The molecule has 1 aromatic carbocycles. The van der Waals surface area contributed by atoms with Crippen LogP contribution in [0.1, 0.15) is 44.9 Å². The number of sulfonamides is 1. The molecule has 1 aliphatic carbocycles. The van der Waals surface area contributed by atoms with Crippen molar-refractivity contribution in [1.29, 1.82) is 5.41 Å². The number of nitrogens with zero attached hydrogens (tertiary/aromatic N) is 4. The molecule has 0 spiro atoms. The van der Waals surface area contributed by atoms with Crippen molar-refractivity contribution in [2.75, 3.05) is 38.3 Å². The molecule has 0 bridgehead atoms. The average molecular weight is 567 g/mol. The fourth-order valence-corrected chi connectivity index (χ4v) is 7.27. The molecule has 1 aromatic heterocycles. The molecule has 11 nitrogen and oxygen atoms in total. The van der Waals surface area contributed by atoms with Gasteiger partial charge in [-0.1, -0.05) is 18.9 Å². The molecule has 1 unspecified atom stereocenters. The maximum atomic E-state index is 14.3. The zero-order valence-electron chi connectivity index (χ0n) is 21.7. The lowest BCUT2D eigenvalue weighted by molar-refractivity contribution is -0.165. The number of carbonyl (C=O) groups excluding carboxylic acids is 1. The maximum absolute atomic E-state index is 14.3. The van der Waals surface area contributed by atoms with Crippen molar-refractivity contribution < 1.29 is 22.7 Å². The van der Waals surface area contributed by atoms with Crippen LogP contribution < -0.4 is 10.2 Å². The molecule has 4 rings (SSSR count). The standard InChI is InChI=1S/C25H35ClN6O5S/c1-30(2)23(33)25(10-4-5-11-25)31(12-14-37-22-7-3-6-13-36-22)38(34,35)19-8-9-20-18(15-19)16-29-17-21(20)32(26)24(27)28/h8-9,15-17,22H,3-7,10-14H2,1-2H3,(H3,27,28). The number of guanidine groups is 1. The number of hydrogen-bond acceptors (Lipinski definition) is 7. The third-order valence-corrected chi connectivity index (χ3v) is 9.50. The van der Waals surface area contributed by atoms with Crippen LogP contribution in [0.15, 0.2) is 35.5 Å². The lowest BCUT2D eigenvalue weighted by Crippen LogP contribution is -2.59. The highest BCUT2D eigenvalue weighted by Gasteiger charge is 2.52. The number of fused-ring (bicyclic) bond motifs is 1. The molecule has 1 amide bonds. The summed E-state index contributed by atoms with van der Waals surface area (Å²) in [7, 11) is -0.845. The fourth-order valence-electron chi connectivity index (χ4n) is 5.33. The molecular formula is C25H35ClN6O5S. The number of likely N-dealkylation sites (N-methyl/N-ethyl adjacent to an activating group) is 1. The summed E-state index contributed by atoms with van der Waals surface area (Å²) in [6.45, 7) is 0.732. The van der Waals surface area contributed by atoms with Gasteiger partial charge in [-0.25, -0.2) is 12.8 Å². The van der Waals surface area contributed by atoms with Crippen LogP contribution in [0.2, 0.25) is 0 Å². The molecule has 1 aliphatic heterocycles. The van der Waals surface area contributed by atoms with Gasteiger partial charge in [0.05, 0.1) is 23.4 Å². The van der Waals surface area contributed by atoms with Gasteiger partial charge in [0.15, 0.2) is 6.29 Å². The Morgan fingerprint density at radius 2 is 1.97 bits per heavy atom. The molecule has 3 N–H and O–H groups in total. The Bertz CT molecular complexity index is 1280. The summed E-state index contributed by atoms with van der Waals surface area (Å²) >= 11 is 6.14. The van der Waals surface area contributed by atoms with E-state index in [9.17, 15) is 13.2 Å². The van der Waals surface area contributed by atoms with Crippen molar-refractivity contribution in [2.45, 2.75) is 61.7 Å². The van der Waals surface area contributed by atoms with Gasteiger partial charge in [-0.15, -0.1) is 0 Å². The number of benzene rings is 1. The second-order valence-corrected chi connectivity index (χ2v) is 12.1. The van der Waals surface area contributed by atoms with Gasteiger partial charge >= 0.3 is 0 Å². The summed E-state index contributed by atoms with van der Waals surface area (Å²) in [6.07, 6.45) is 7.69. The van der Waals surface area contributed by atoms with Crippen molar-refractivity contribution >= 4 is 50.1 Å². The number of rotatable bonds is 9. The Labute approximate surface area is 228 Å². The summed E-state index contributed by atoms with van der Waals surface area (Å²) in [6, 6.07) is 4.59. The van der Waals surface area contributed by atoms with Crippen molar-refractivity contribution in [3.63, 3.8) is 0 Å². The SMILES string of the molecule is CN(C)C(=O)C1(N(CCOC2CCCCO2)S(=O)(=O)c2ccc3c(N(Cl)C(=N)N)cncc3c2)CCCC1. The molecule has 2 aromatic rings. The van der Waals surface area contributed by atoms with Gasteiger partial charge in [-0.05, 0) is 44.2 Å². The normalized spacial score (nSPS) is 19.5. The zero-order chi connectivity index (χ0) is 27.5. The number of aromatic nitrogens is 1. The van der Waals surface area contributed by atoms with Crippen LogP contribution in [0.25, 0.3) is 10.8 Å². The Morgan fingerprint density at radius 1 is 1.24 bits per heavy atom. The first-order chi connectivity index (χ1) is 18.1. The maximum Gasteiger partial charge on any atom is 0.244 e. The van der Waals surface area contributed by atoms with E-state index in [1.165, 1.54) is 33.7 Å². The Kier molecular flexibility index (Phi) is 8.78. The van der Waals surface area contributed by atoms with Crippen LogP contribution in [0.4, 0.5) is 5.69 Å². The van der Waals surface area contributed by atoms with E-state index in [0.717, 1.165) is 36.5 Å². The minimum Gasteiger partial charge on any atom is -0.369 e. The molecule has 13 heteroatoms. The quantitative estimate of drug-likeness (QED) is 0.268. The van der Waals surface area contributed by atoms with Gasteiger partial charge in [0.25, 0.3) is 0 Å². The van der Waals surface area contributed by atoms with E-state index >= 15 is 0 Å². The van der Waals surface area contributed by atoms with E-state index in [4.69, 9.17) is 32.4 Å². The molecule has 2 aliphatic rings. The van der Waals surface area contributed by atoms with Gasteiger partial charge < -0.3 is 20.1 Å². The molecule has 2 heterocycles. The van der Waals surface area contributed by atoms with Gasteiger partial charge in [0.2, 0.25) is 21.9 Å². The topological polar surface area (TPSA) is 142 Å². The molecule has 1 atom stereocenters. The molecule has 0 radical (unpaired) electrons.